The molecule has 1 unspecified atom stereocenters. The number of hydrogen-bond donors (Lipinski definition) is 2. The quantitative estimate of drug-likeness (QED) is 0.807. The Balaban J connectivity index is 0.00000288. The summed E-state index contributed by atoms with van der Waals surface area (Å²) in [5, 5.41) is 0.523. The smallest absolute Gasteiger partial charge is 0.258 e. The summed E-state index contributed by atoms with van der Waals surface area (Å²) < 4.78 is 4.94. The first-order valence-electron chi connectivity index (χ1n) is 7.47. The molecule has 0 bridgehead atoms. The van der Waals surface area contributed by atoms with Gasteiger partial charge in [0, 0.05) is 13.2 Å². The van der Waals surface area contributed by atoms with Crippen LogP contribution >= 0.6 is 12.4 Å². The van der Waals surface area contributed by atoms with Crippen molar-refractivity contribution in [3.8, 4) is 0 Å². The van der Waals surface area contributed by atoms with E-state index in [-0.39, 0.29) is 43.1 Å². The van der Waals surface area contributed by atoms with Crippen molar-refractivity contribution < 1.29 is 9.53 Å². The second kappa shape index (κ2) is 8.77. The number of nitrogens with one attached hydrogen (secondary N) is 1. The first-order valence-corrected chi connectivity index (χ1v) is 7.47. The predicted molar refractivity (Wildman–Crippen MR) is 95.1 cm³/mol. The molecule has 0 aliphatic heterocycles. The number of ether oxygens (including phenoxy) is 1. The van der Waals surface area contributed by atoms with Gasteiger partial charge < -0.3 is 20.4 Å². The number of carbonyl (C=O) groups is 1. The van der Waals surface area contributed by atoms with Gasteiger partial charge in [0.1, 0.15) is 11.9 Å². The van der Waals surface area contributed by atoms with Crippen molar-refractivity contribution in [3.63, 3.8) is 0 Å². The molecule has 0 spiro atoms. The SMILES string of the molecule is COCC(N)C(=O)N(Cc1nc2ccccc2c(=O)[nH]1)C(C)C.Cl. The zero-order valence-electron chi connectivity index (χ0n) is 14.0. The minimum atomic E-state index is -0.741. The zero-order valence-corrected chi connectivity index (χ0v) is 14.8. The molecular formula is C16H23ClN4O3. The Bertz CT molecular complexity index is 747. The number of carbonyl (C=O) groups excluding carboxylic acids is 1. The Labute approximate surface area is 146 Å². The van der Waals surface area contributed by atoms with E-state index in [2.05, 4.69) is 9.97 Å². The molecule has 132 valence electrons. The number of benzene rings is 1. The number of nitrogens with two attached hydrogens (primary N) is 1. The van der Waals surface area contributed by atoms with Crippen molar-refractivity contribution in [2.45, 2.75) is 32.5 Å². The standard InChI is InChI=1S/C16H22N4O3.ClH/c1-10(2)20(16(22)12(17)9-23-3)8-14-18-13-7-5-4-6-11(13)15(21)19-14;/h4-7,10,12H,8-9,17H2,1-3H3,(H,18,19,21);1H. The van der Waals surface area contributed by atoms with E-state index in [4.69, 9.17) is 10.5 Å². The van der Waals surface area contributed by atoms with Gasteiger partial charge in [0.25, 0.3) is 5.56 Å². The molecule has 1 aromatic heterocycles. The van der Waals surface area contributed by atoms with Gasteiger partial charge in [-0.25, -0.2) is 4.98 Å². The highest BCUT2D eigenvalue weighted by Crippen LogP contribution is 2.10. The summed E-state index contributed by atoms with van der Waals surface area (Å²) in [6.45, 7) is 4.10. The molecule has 8 heteroatoms. The number of aromatic nitrogens is 2. The first kappa shape index (κ1) is 20.1. The van der Waals surface area contributed by atoms with E-state index in [0.717, 1.165) is 0 Å². The fourth-order valence-corrected chi connectivity index (χ4v) is 2.35. The average Bonchev–Trinajstić information content (AvgIpc) is 2.52. The highest BCUT2D eigenvalue weighted by atomic mass is 35.5. The lowest BCUT2D eigenvalue weighted by molar-refractivity contribution is -0.136. The van der Waals surface area contributed by atoms with Gasteiger partial charge in [-0.1, -0.05) is 12.1 Å². The van der Waals surface area contributed by atoms with E-state index in [1.165, 1.54) is 7.11 Å². The number of nitrogens with zero attached hydrogens (tertiary/aromatic N) is 2. The molecule has 0 saturated heterocycles. The number of aromatic amines is 1. The lowest BCUT2D eigenvalue weighted by Crippen LogP contribution is -2.48. The highest BCUT2D eigenvalue weighted by molar-refractivity contribution is 5.85. The summed E-state index contributed by atoms with van der Waals surface area (Å²) in [4.78, 5) is 33.3. The molecule has 0 fully saturated rings. The second-order valence-corrected chi connectivity index (χ2v) is 5.65. The number of fused-ring (bicyclic) bond motifs is 1. The Kier molecular flexibility index (Phi) is 7.34. The van der Waals surface area contributed by atoms with Crippen LogP contribution in [0.15, 0.2) is 29.1 Å². The van der Waals surface area contributed by atoms with Gasteiger partial charge in [0.2, 0.25) is 5.91 Å². The van der Waals surface area contributed by atoms with Crippen LogP contribution in [-0.4, -0.2) is 46.6 Å². The number of amides is 1. The Morgan fingerprint density at radius 3 is 2.67 bits per heavy atom. The molecule has 2 rings (SSSR count). The number of para-hydroxylation sites is 1. The number of rotatable bonds is 6. The molecule has 0 aliphatic rings. The van der Waals surface area contributed by atoms with Gasteiger partial charge in [0.15, 0.2) is 0 Å². The lowest BCUT2D eigenvalue weighted by Gasteiger charge is -2.28. The van der Waals surface area contributed by atoms with Crippen molar-refractivity contribution in [3.05, 3.63) is 40.4 Å². The maximum Gasteiger partial charge on any atom is 0.258 e. The van der Waals surface area contributed by atoms with Crippen LogP contribution in [0.1, 0.15) is 19.7 Å². The summed E-state index contributed by atoms with van der Waals surface area (Å²) in [7, 11) is 1.50. The van der Waals surface area contributed by atoms with E-state index in [0.29, 0.717) is 16.7 Å². The Hall–Kier alpha value is -1.96. The summed E-state index contributed by atoms with van der Waals surface area (Å²) in [6.07, 6.45) is 0. The van der Waals surface area contributed by atoms with Crippen molar-refractivity contribution >= 4 is 29.2 Å². The van der Waals surface area contributed by atoms with Crippen LogP contribution in [0, 0.1) is 0 Å². The van der Waals surface area contributed by atoms with E-state index in [1.807, 2.05) is 19.9 Å². The summed E-state index contributed by atoms with van der Waals surface area (Å²) in [5.41, 5.74) is 6.21. The molecular weight excluding hydrogens is 332 g/mol. The second-order valence-electron chi connectivity index (χ2n) is 5.65. The molecule has 1 amide bonds. The van der Waals surface area contributed by atoms with Crippen molar-refractivity contribution in [1.82, 2.24) is 14.9 Å². The Morgan fingerprint density at radius 1 is 1.38 bits per heavy atom. The molecule has 1 heterocycles. The van der Waals surface area contributed by atoms with Crippen LogP contribution in [0.3, 0.4) is 0 Å². The van der Waals surface area contributed by atoms with E-state index in [1.54, 1.807) is 23.1 Å². The van der Waals surface area contributed by atoms with Gasteiger partial charge in [-0.3, -0.25) is 9.59 Å². The summed E-state index contributed by atoms with van der Waals surface area (Å²) in [5.74, 6) is 0.193. The van der Waals surface area contributed by atoms with Gasteiger partial charge in [-0.05, 0) is 26.0 Å². The molecule has 0 radical (unpaired) electrons. The van der Waals surface area contributed by atoms with Gasteiger partial charge in [-0.2, -0.15) is 0 Å². The molecule has 2 aromatic rings. The minimum absolute atomic E-state index is 0. The van der Waals surface area contributed by atoms with Gasteiger partial charge >= 0.3 is 0 Å². The maximum absolute atomic E-state index is 12.4. The lowest BCUT2D eigenvalue weighted by atomic mass is 10.2. The van der Waals surface area contributed by atoms with Gasteiger partial charge in [0.05, 0.1) is 24.1 Å². The molecule has 7 nitrogen and oxygen atoms in total. The van der Waals surface area contributed by atoms with Crippen LogP contribution in [0.4, 0.5) is 0 Å². The predicted octanol–water partition coefficient (Wildman–Crippen LogP) is 1.06. The maximum atomic E-state index is 12.4. The summed E-state index contributed by atoms with van der Waals surface area (Å²) in [6, 6.07) is 6.26. The van der Waals surface area contributed by atoms with E-state index >= 15 is 0 Å². The van der Waals surface area contributed by atoms with Crippen molar-refractivity contribution in [1.29, 1.82) is 0 Å². The largest absolute Gasteiger partial charge is 0.383 e. The van der Waals surface area contributed by atoms with Gasteiger partial charge in [-0.15, -0.1) is 12.4 Å². The molecule has 3 N–H and O–H groups in total. The van der Waals surface area contributed by atoms with Crippen LogP contribution < -0.4 is 11.3 Å². The minimum Gasteiger partial charge on any atom is -0.383 e. The molecule has 0 aliphatic carbocycles. The van der Waals surface area contributed by atoms with Crippen molar-refractivity contribution in [2.75, 3.05) is 13.7 Å². The van der Waals surface area contributed by atoms with Crippen LogP contribution in [-0.2, 0) is 16.1 Å². The van der Waals surface area contributed by atoms with Crippen LogP contribution in [0.2, 0.25) is 0 Å². The molecule has 1 aromatic carbocycles. The number of methoxy groups -OCH3 is 1. The monoisotopic (exact) mass is 354 g/mol. The average molecular weight is 355 g/mol. The topological polar surface area (TPSA) is 101 Å². The van der Waals surface area contributed by atoms with E-state index < -0.39 is 6.04 Å². The van der Waals surface area contributed by atoms with E-state index in [9.17, 15) is 9.59 Å². The molecule has 0 saturated carbocycles. The fraction of sp³-hybridized carbons (Fsp3) is 0.438. The summed E-state index contributed by atoms with van der Waals surface area (Å²) >= 11 is 0. The van der Waals surface area contributed by atoms with Crippen LogP contribution in [0.5, 0.6) is 0 Å². The number of hydrogen-bond acceptors (Lipinski definition) is 5. The third-order valence-electron chi connectivity index (χ3n) is 3.55. The first-order chi connectivity index (χ1) is 10.9. The van der Waals surface area contributed by atoms with Crippen molar-refractivity contribution in [2.24, 2.45) is 5.73 Å². The van der Waals surface area contributed by atoms with Crippen LogP contribution in [0.25, 0.3) is 10.9 Å². The number of H-pyrrole nitrogens is 1. The third kappa shape index (κ3) is 4.53. The normalized spacial score (nSPS) is 12.0. The zero-order chi connectivity index (χ0) is 17.0. The highest BCUT2D eigenvalue weighted by Gasteiger charge is 2.24. The Morgan fingerprint density at radius 2 is 2.04 bits per heavy atom. The molecule has 1 atom stereocenters. The number of halogens is 1. The molecule has 24 heavy (non-hydrogen) atoms. The fourth-order valence-electron chi connectivity index (χ4n) is 2.35. The third-order valence-corrected chi connectivity index (χ3v) is 3.55.